The van der Waals surface area contributed by atoms with Crippen molar-refractivity contribution in [2.24, 2.45) is 0 Å². The molecule has 6 heteroatoms. The molecule has 0 bridgehead atoms. The highest BCUT2D eigenvalue weighted by Crippen LogP contribution is 2.00. The lowest BCUT2D eigenvalue weighted by molar-refractivity contribution is 0.843. The third-order valence-corrected chi connectivity index (χ3v) is 1.72. The molecule has 12 heavy (non-hydrogen) atoms. The second-order valence-electron chi connectivity index (χ2n) is 2.35. The van der Waals surface area contributed by atoms with Crippen molar-refractivity contribution in [2.45, 2.75) is 6.92 Å². The van der Waals surface area contributed by atoms with E-state index in [-0.39, 0.29) is 10.8 Å². The van der Waals surface area contributed by atoms with Crippen LogP contribution in [0.1, 0.15) is 5.82 Å². The van der Waals surface area contributed by atoms with Gasteiger partial charge in [-0.15, -0.1) is 5.10 Å². The maximum absolute atomic E-state index is 11.2. The van der Waals surface area contributed by atoms with E-state index in [4.69, 9.17) is 11.6 Å². The van der Waals surface area contributed by atoms with Gasteiger partial charge < -0.3 is 0 Å². The van der Waals surface area contributed by atoms with Gasteiger partial charge in [-0.2, -0.15) is 0 Å². The van der Waals surface area contributed by atoms with Crippen LogP contribution >= 0.6 is 11.6 Å². The van der Waals surface area contributed by atoms with Gasteiger partial charge in [-0.05, 0) is 18.5 Å². The van der Waals surface area contributed by atoms with E-state index in [1.807, 2.05) is 0 Å². The molecule has 0 spiro atoms. The van der Waals surface area contributed by atoms with Crippen LogP contribution < -0.4 is 5.56 Å². The van der Waals surface area contributed by atoms with Crippen molar-refractivity contribution in [1.29, 1.82) is 0 Å². The summed E-state index contributed by atoms with van der Waals surface area (Å²) in [6.07, 6.45) is 1.46. The Morgan fingerprint density at radius 2 is 2.42 bits per heavy atom. The van der Waals surface area contributed by atoms with Gasteiger partial charge in [-0.1, -0.05) is 0 Å². The van der Waals surface area contributed by atoms with Gasteiger partial charge in [0.1, 0.15) is 5.82 Å². The van der Waals surface area contributed by atoms with Crippen LogP contribution in [-0.2, 0) is 0 Å². The molecule has 2 heterocycles. The highest BCUT2D eigenvalue weighted by atomic mass is 35.5. The molecule has 0 amide bonds. The summed E-state index contributed by atoms with van der Waals surface area (Å²) in [5.41, 5.74) is 0.118. The average Bonchev–Trinajstić information content (AvgIpc) is 2.33. The number of aromatic amines is 1. The largest absolute Gasteiger partial charge is 0.294 e. The van der Waals surface area contributed by atoms with Gasteiger partial charge in [0.25, 0.3) is 5.56 Å². The maximum Gasteiger partial charge on any atom is 0.277 e. The fourth-order valence-corrected chi connectivity index (χ4v) is 1.15. The van der Waals surface area contributed by atoms with E-state index in [1.54, 1.807) is 6.92 Å². The molecule has 0 atom stereocenters. The van der Waals surface area contributed by atoms with Crippen molar-refractivity contribution >= 4 is 17.1 Å². The Morgan fingerprint density at radius 1 is 1.67 bits per heavy atom. The number of aryl methyl sites for hydroxylation is 1. The first-order valence-corrected chi connectivity index (χ1v) is 3.66. The van der Waals surface area contributed by atoms with Gasteiger partial charge in [-0.25, -0.2) is 9.50 Å². The summed E-state index contributed by atoms with van der Waals surface area (Å²) in [7, 11) is 0. The van der Waals surface area contributed by atoms with Gasteiger partial charge in [-0.3, -0.25) is 9.78 Å². The number of nitrogens with zero attached hydrogens (tertiary/aromatic N) is 3. The first-order chi connectivity index (χ1) is 5.68. The molecule has 0 aliphatic rings. The SMILES string of the molecule is Cc1ncc2c(=O)[nH]c(Cl)nn12. The molecule has 0 saturated heterocycles. The topological polar surface area (TPSA) is 63.0 Å². The van der Waals surface area contributed by atoms with Crippen LogP contribution in [0, 0.1) is 6.92 Å². The number of rotatable bonds is 0. The van der Waals surface area contributed by atoms with E-state index in [0.717, 1.165) is 0 Å². The third kappa shape index (κ3) is 0.902. The molecule has 62 valence electrons. The van der Waals surface area contributed by atoms with Crippen LogP contribution in [0.3, 0.4) is 0 Å². The van der Waals surface area contributed by atoms with E-state index in [1.165, 1.54) is 10.7 Å². The molecule has 5 nitrogen and oxygen atoms in total. The minimum atomic E-state index is -0.282. The van der Waals surface area contributed by atoms with Crippen molar-refractivity contribution in [3.05, 3.63) is 27.7 Å². The Bertz CT molecular complexity index is 486. The standard InChI is InChI=1S/C6H5ClN4O/c1-3-8-2-4-5(12)9-6(7)10-11(3)4/h2H,1H3,(H,9,10,12). The van der Waals surface area contributed by atoms with Gasteiger partial charge in [0.15, 0.2) is 5.52 Å². The van der Waals surface area contributed by atoms with Gasteiger partial charge in [0.05, 0.1) is 6.20 Å². The number of hydrogen-bond acceptors (Lipinski definition) is 3. The summed E-state index contributed by atoms with van der Waals surface area (Å²) in [5.74, 6) is 0.637. The number of aromatic nitrogens is 4. The van der Waals surface area contributed by atoms with Crippen LogP contribution in [0.15, 0.2) is 11.0 Å². The smallest absolute Gasteiger partial charge is 0.277 e. The van der Waals surface area contributed by atoms with Crippen LogP contribution in [0.4, 0.5) is 0 Å². The van der Waals surface area contributed by atoms with Crippen molar-refractivity contribution in [3.63, 3.8) is 0 Å². The Labute approximate surface area is 72.0 Å². The molecule has 0 unspecified atom stereocenters. The second-order valence-corrected chi connectivity index (χ2v) is 2.71. The second kappa shape index (κ2) is 2.31. The molecule has 2 aromatic heterocycles. The third-order valence-electron chi connectivity index (χ3n) is 1.55. The van der Waals surface area contributed by atoms with E-state index >= 15 is 0 Å². The predicted molar refractivity (Wildman–Crippen MR) is 43.4 cm³/mol. The van der Waals surface area contributed by atoms with Crippen LogP contribution in [0.2, 0.25) is 5.28 Å². The maximum atomic E-state index is 11.2. The van der Waals surface area contributed by atoms with E-state index in [0.29, 0.717) is 11.3 Å². The Kier molecular flexibility index (Phi) is 1.41. The van der Waals surface area contributed by atoms with Gasteiger partial charge in [0, 0.05) is 0 Å². The number of nitrogens with one attached hydrogen (secondary N) is 1. The number of imidazole rings is 1. The lowest BCUT2D eigenvalue weighted by Crippen LogP contribution is -2.12. The Balaban J connectivity index is 3.03. The predicted octanol–water partition coefficient (Wildman–Crippen LogP) is 0.379. The first-order valence-electron chi connectivity index (χ1n) is 3.28. The summed E-state index contributed by atoms with van der Waals surface area (Å²) in [5, 5.41) is 3.92. The highest BCUT2D eigenvalue weighted by Gasteiger charge is 2.04. The van der Waals surface area contributed by atoms with E-state index in [2.05, 4.69) is 15.1 Å². The van der Waals surface area contributed by atoms with Crippen molar-refractivity contribution < 1.29 is 0 Å². The molecular formula is C6H5ClN4O. The number of hydrogen-bond donors (Lipinski definition) is 1. The lowest BCUT2D eigenvalue weighted by Gasteiger charge is -1.93. The summed E-state index contributed by atoms with van der Waals surface area (Å²) >= 11 is 5.54. The lowest BCUT2D eigenvalue weighted by atomic mass is 10.6. The molecule has 0 radical (unpaired) electrons. The molecular weight excluding hydrogens is 180 g/mol. The molecule has 0 aliphatic carbocycles. The molecule has 0 aliphatic heterocycles. The van der Waals surface area contributed by atoms with E-state index < -0.39 is 0 Å². The minimum Gasteiger partial charge on any atom is -0.294 e. The molecule has 0 aromatic carbocycles. The number of halogens is 1. The van der Waals surface area contributed by atoms with Crippen LogP contribution in [0.25, 0.3) is 5.52 Å². The molecule has 0 fully saturated rings. The number of H-pyrrole nitrogens is 1. The normalized spacial score (nSPS) is 10.8. The average molecular weight is 185 g/mol. The zero-order chi connectivity index (χ0) is 8.72. The summed E-state index contributed by atoms with van der Waals surface area (Å²) in [4.78, 5) is 17.5. The van der Waals surface area contributed by atoms with Crippen LogP contribution in [0.5, 0.6) is 0 Å². The highest BCUT2D eigenvalue weighted by molar-refractivity contribution is 6.28. The summed E-state index contributed by atoms with van der Waals surface area (Å²) in [6, 6.07) is 0. The fraction of sp³-hybridized carbons (Fsp3) is 0.167. The van der Waals surface area contributed by atoms with Crippen molar-refractivity contribution in [3.8, 4) is 0 Å². The van der Waals surface area contributed by atoms with Crippen LogP contribution in [-0.4, -0.2) is 19.6 Å². The molecule has 2 aromatic rings. The van der Waals surface area contributed by atoms with Gasteiger partial charge >= 0.3 is 0 Å². The monoisotopic (exact) mass is 184 g/mol. The summed E-state index contributed by atoms with van der Waals surface area (Å²) in [6.45, 7) is 1.75. The van der Waals surface area contributed by atoms with Crippen molar-refractivity contribution in [1.82, 2.24) is 19.6 Å². The molecule has 2 rings (SSSR count). The zero-order valence-corrected chi connectivity index (χ0v) is 6.96. The van der Waals surface area contributed by atoms with Gasteiger partial charge in [0.2, 0.25) is 5.28 Å². The Hall–Kier alpha value is -1.36. The number of fused-ring (bicyclic) bond motifs is 1. The zero-order valence-electron chi connectivity index (χ0n) is 6.21. The molecule has 0 saturated carbocycles. The van der Waals surface area contributed by atoms with Crippen molar-refractivity contribution in [2.75, 3.05) is 0 Å². The fourth-order valence-electron chi connectivity index (χ4n) is 0.990. The summed E-state index contributed by atoms with van der Waals surface area (Å²) < 4.78 is 1.40. The first kappa shape index (κ1) is 7.30. The minimum absolute atomic E-state index is 0.0635. The Morgan fingerprint density at radius 3 is 3.17 bits per heavy atom. The quantitative estimate of drug-likeness (QED) is 0.644. The molecule has 1 N–H and O–H groups in total. The van der Waals surface area contributed by atoms with E-state index in [9.17, 15) is 4.79 Å².